The summed E-state index contributed by atoms with van der Waals surface area (Å²) in [6.45, 7) is 5.88. The van der Waals surface area contributed by atoms with Crippen LogP contribution in [0.25, 0.3) is 0 Å². The second kappa shape index (κ2) is 7.11. The van der Waals surface area contributed by atoms with Crippen molar-refractivity contribution in [2.24, 2.45) is 0 Å². The average Bonchev–Trinajstić information content (AvgIpc) is 2.28. The van der Waals surface area contributed by atoms with Crippen LogP contribution in [0.15, 0.2) is 24.3 Å². The molecular formula is C14H20FNO2. The van der Waals surface area contributed by atoms with Crippen LogP contribution < -0.4 is 5.32 Å². The molecule has 0 aliphatic rings. The highest BCUT2D eigenvalue weighted by molar-refractivity contribution is 5.75. The monoisotopic (exact) mass is 253 g/mol. The summed E-state index contributed by atoms with van der Waals surface area (Å²) in [6.07, 6.45) is 0.668. The molecule has 0 amide bonds. The second-order valence-corrected chi connectivity index (χ2v) is 4.38. The summed E-state index contributed by atoms with van der Waals surface area (Å²) in [7, 11) is 0. The van der Waals surface area contributed by atoms with E-state index >= 15 is 0 Å². The van der Waals surface area contributed by atoms with E-state index in [0.717, 1.165) is 5.56 Å². The molecule has 4 heteroatoms. The van der Waals surface area contributed by atoms with E-state index in [1.54, 1.807) is 19.9 Å². The first-order chi connectivity index (χ1) is 8.52. The van der Waals surface area contributed by atoms with E-state index in [4.69, 9.17) is 4.74 Å². The van der Waals surface area contributed by atoms with Gasteiger partial charge in [0.1, 0.15) is 11.9 Å². The van der Waals surface area contributed by atoms with E-state index in [0.29, 0.717) is 13.0 Å². The predicted molar refractivity (Wildman–Crippen MR) is 68.8 cm³/mol. The molecular weight excluding hydrogens is 233 g/mol. The standard InChI is InChI=1S/C14H20FNO2/c1-4-18-14(17)11(3)16-10(2)8-12-6-5-7-13(15)9-12/h5-7,9-11,16H,4,8H2,1-3H3. The van der Waals surface area contributed by atoms with E-state index < -0.39 is 0 Å². The highest BCUT2D eigenvalue weighted by Crippen LogP contribution is 2.07. The van der Waals surface area contributed by atoms with Gasteiger partial charge >= 0.3 is 5.97 Å². The van der Waals surface area contributed by atoms with Crippen molar-refractivity contribution in [3.8, 4) is 0 Å². The third-order valence-electron chi connectivity index (χ3n) is 2.61. The van der Waals surface area contributed by atoms with Gasteiger partial charge in [0.15, 0.2) is 0 Å². The van der Waals surface area contributed by atoms with Gasteiger partial charge in [-0.1, -0.05) is 12.1 Å². The first-order valence-electron chi connectivity index (χ1n) is 6.20. The molecule has 0 aromatic heterocycles. The lowest BCUT2D eigenvalue weighted by atomic mass is 10.1. The summed E-state index contributed by atoms with van der Waals surface area (Å²) in [5.41, 5.74) is 0.908. The van der Waals surface area contributed by atoms with Gasteiger partial charge in [-0.3, -0.25) is 4.79 Å². The Morgan fingerprint density at radius 2 is 2.17 bits per heavy atom. The van der Waals surface area contributed by atoms with Gasteiger partial charge in [-0.05, 0) is 44.9 Å². The molecule has 0 radical (unpaired) electrons. The first kappa shape index (κ1) is 14.6. The van der Waals surface area contributed by atoms with Crippen LogP contribution in [-0.4, -0.2) is 24.7 Å². The van der Waals surface area contributed by atoms with Crippen molar-refractivity contribution in [1.82, 2.24) is 5.32 Å². The van der Waals surface area contributed by atoms with Crippen molar-refractivity contribution in [3.05, 3.63) is 35.6 Å². The van der Waals surface area contributed by atoms with Crippen molar-refractivity contribution in [1.29, 1.82) is 0 Å². The summed E-state index contributed by atoms with van der Waals surface area (Å²) in [5, 5.41) is 3.14. The zero-order chi connectivity index (χ0) is 13.5. The number of nitrogens with one attached hydrogen (secondary N) is 1. The number of hydrogen-bond donors (Lipinski definition) is 1. The lowest BCUT2D eigenvalue weighted by Gasteiger charge is -2.18. The topological polar surface area (TPSA) is 38.3 Å². The zero-order valence-corrected chi connectivity index (χ0v) is 11.1. The number of hydrogen-bond acceptors (Lipinski definition) is 3. The minimum absolute atomic E-state index is 0.0752. The molecule has 18 heavy (non-hydrogen) atoms. The molecule has 3 nitrogen and oxygen atoms in total. The van der Waals surface area contributed by atoms with Crippen LogP contribution in [-0.2, 0) is 16.0 Å². The largest absolute Gasteiger partial charge is 0.465 e. The van der Waals surface area contributed by atoms with Crippen LogP contribution in [0.3, 0.4) is 0 Å². The van der Waals surface area contributed by atoms with Gasteiger partial charge in [-0.2, -0.15) is 0 Å². The third-order valence-corrected chi connectivity index (χ3v) is 2.61. The Bertz CT molecular complexity index is 395. The van der Waals surface area contributed by atoms with Crippen molar-refractivity contribution in [3.63, 3.8) is 0 Å². The van der Waals surface area contributed by atoms with E-state index in [-0.39, 0.29) is 23.9 Å². The van der Waals surface area contributed by atoms with Gasteiger partial charge in [0, 0.05) is 6.04 Å². The molecule has 1 N–H and O–H groups in total. The number of carbonyl (C=O) groups is 1. The smallest absolute Gasteiger partial charge is 0.322 e. The van der Waals surface area contributed by atoms with Gasteiger partial charge in [0.05, 0.1) is 6.61 Å². The number of rotatable bonds is 6. The predicted octanol–water partition coefficient (Wildman–Crippen LogP) is 2.30. The molecule has 0 fully saturated rings. The van der Waals surface area contributed by atoms with Crippen molar-refractivity contribution in [2.75, 3.05) is 6.61 Å². The Morgan fingerprint density at radius 3 is 2.78 bits per heavy atom. The van der Waals surface area contributed by atoms with Gasteiger partial charge in [0.2, 0.25) is 0 Å². The van der Waals surface area contributed by atoms with Crippen LogP contribution in [0, 0.1) is 5.82 Å². The van der Waals surface area contributed by atoms with Crippen LogP contribution in [0.1, 0.15) is 26.3 Å². The minimum Gasteiger partial charge on any atom is -0.465 e. The van der Waals surface area contributed by atoms with Gasteiger partial charge in [-0.15, -0.1) is 0 Å². The quantitative estimate of drug-likeness (QED) is 0.791. The lowest BCUT2D eigenvalue weighted by molar-refractivity contribution is -0.145. The molecule has 0 aliphatic carbocycles. The first-order valence-corrected chi connectivity index (χ1v) is 6.20. The zero-order valence-electron chi connectivity index (χ0n) is 11.1. The highest BCUT2D eigenvalue weighted by Gasteiger charge is 2.16. The van der Waals surface area contributed by atoms with Gasteiger partial charge in [0.25, 0.3) is 0 Å². The van der Waals surface area contributed by atoms with Crippen molar-refractivity contribution in [2.45, 2.75) is 39.3 Å². The molecule has 1 aromatic rings. The maximum atomic E-state index is 13.0. The van der Waals surface area contributed by atoms with Crippen molar-refractivity contribution >= 4 is 5.97 Å². The van der Waals surface area contributed by atoms with Crippen LogP contribution in [0.5, 0.6) is 0 Å². The SMILES string of the molecule is CCOC(=O)C(C)NC(C)Cc1cccc(F)c1. The lowest BCUT2D eigenvalue weighted by Crippen LogP contribution is -2.41. The molecule has 2 unspecified atom stereocenters. The Kier molecular flexibility index (Phi) is 5.78. The maximum absolute atomic E-state index is 13.0. The summed E-state index contributed by atoms with van der Waals surface area (Å²) in [5.74, 6) is -0.498. The molecule has 0 saturated carbocycles. The summed E-state index contributed by atoms with van der Waals surface area (Å²) in [6, 6.07) is 6.21. The van der Waals surface area contributed by atoms with Crippen molar-refractivity contribution < 1.29 is 13.9 Å². The number of benzene rings is 1. The van der Waals surface area contributed by atoms with Gasteiger partial charge in [-0.25, -0.2) is 4.39 Å². The molecule has 1 rings (SSSR count). The maximum Gasteiger partial charge on any atom is 0.322 e. The Morgan fingerprint density at radius 1 is 1.44 bits per heavy atom. The van der Waals surface area contributed by atoms with E-state index in [9.17, 15) is 9.18 Å². The molecule has 100 valence electrons. The number of halogens is 1. The third kappa shape index (κ3) is 4.84. The second-order valence-electron chi connectivity index (χ2n) is 4.38. The van der Waals surface area contributed by atoms with Crippen LogP contribution in [0.4, 0.5) is 4.39 Å². The fourth-order valence-electron chi connectivity index (χ4n) is 1.84. The summed E-state index contributed by atoms with van der Waals surface area (Å²) < 4.78 is 17.9. The normalized spacial score (nSPS) is 14.0. The molecule has 2 atom stereocenters. The Hall–Kier alpha value is -1.42. The summed E-state index contributed by atoms with van der Waals surface area (Å²) >= 11 is 0. The molecule has 0 spiro atoms. The van der Waals surface area contributed by atoms with Gasteiger partial charge < -0.3 is 10.1 Å². The van der Waals surface area contributed by atoms with Crippen LogP contribution >= 0.6 is 0 Å². The highest BCUT2D eigenvalue weighted by atomic mass is 19.1. The number of ether oxygens (including phenoxy) is 1. The molecule has 0 saturated heterocycles. The van der Waals surface area contributed by atoms with E-state index in [1.807, 2.05) is 13.0 Å². The average molecular weight is 253 g/mol. The summed E-state index contributed by atoms with van der Waals surface area (Å²) in [4.78, 5) is 11.4. The fraction of sp³-hybridized carbons (Fsp3) is 0.500. The Labute approximate surface area is 107 Å². The number of esters is 1. The Balaban J connectivity index is 2.46. The molecule has 0 heterocycles. The minimum atomic E-state index is -0.353. The number of carbonyl (C=O) groups excluding carboxylic acids is 1. The molecule has 0 bridgehead atoms. The van der Waals surface area contributed by atoms with E-state index in [2.05, 4.69) is 5.32 Å². The van der Waals surface area contributed by atoms with E-state index in [1.165, 1.54) is 12.1 Å². The molecule has 0 aliphatic heterocycles. The fourth-order valence-corrected chi connectivity index (χ4v) is 1.84. The van der Waals surface area contributed by atoms with Crippen LogP contribution in [0.2, 0.25) is 0 Å². The molecule has 1 aromatic carbocycles.